The van der Waals surface area contributed by atoms with Gasteiger partial charge >= 0.3 is 12.1 Å². The van der Waals surface area contributed by atoms with E-state index < -0.39 is 35.6 Å². The second-order valence-corrected chi connectivity index (χ2v) is 5.06. The monoisotopic (exact) mass is 317 g/mol. The Morgan fingerprint density at radius 3 is 2.36 bits per heavy atom. The fourth-order valence-corrected chi connectivity index (χ4v) is 2.16. The van der Waals surface area contributed by atoms with Crippen LogP contribution in [0.3, 0.4) is 0 Å². The van der Waals surface area contributed by atoms with Crippen molar-refractivity contribution >= 4 is 11.9 Å². The maximum atomic E-state index is 12.9. The van der Waals surface area contributed by atoms with Gasteiger partial charge in [-0.2, -0.15) is 13.2 Å². The van der Waals surface area contributed by atoms with Crippen molar-refractivity contribution in [3.63, 3.8) is 0 Å². The molecule has 1 aromatic rings. The molecule has 2 unspecified atom stereocenters. The number of aliphatic carboxylic acids is 1. The molecule has 0 saturated carbocycles. The normalized spacial score (nSPS) is 14.2. The van der Waals surface area contributed by atoms with Crippen molar-refractivity contribution < 1.29 is 27.9 Å². The molecule has 0 radical (unpaired) electrons. The third-order valence-electron chi connectivity index (χ3n) is 3.33. The first-order valence-corrected chi connectivity index (χ1v) is 6.85. The van der Waals surface area contributed by atoms with Crippen LogP contribution >= 0.6 is 0 Å². The number of halogens is 3. The average Bonchev–Trinajstić information content (AvgIpc) is 2.43. The van der Waals surface area contributed by atoms with Crippen molar-refractivity contribution in [1.82, 2.24) is 5.32 Å². The lowest BCUT2D eigenvalue weighted by atomic mass is 9.92. The second-order valence-electron chi connectivity index (χ2n) is 5.06. The summed E-state index contributed by atoms with van der Waals surface area (Å²) < 4.78 is 38.8. The second kappa shape index (κ2) is 7.29. The van der Waals surface area contributed by atoms with Gasteiger partial charge in [-0.3, -0.25) is 4.79 Å². The molecular formula is C15H18F3NO3. The van der Waals surface area contributed by atoms with Crippen molar-refractivity contribution in [2.45, 2.75) is 44.8 Å². The number of hydrogen-bond donors (Lipinski definition) is 2. The van der Waals surface area contributed by atoms with E-state index in [1.807, 2.05) is 0 Å². The van der Waals surface area contributed by atoms with Gasteiger partial charge in [-0.25, -0.2) is 4.79 Å². The molecule has 1 rings (SSSR count). The highest BCUT2D eigenvalue weighted by Gasteiger charge is 2.34. The Bertz CT molecular complexity index is 543. The van der Waals surface area contributed by atoms with Gasteiger partial charge < -0.3 is 10.4 Å². The SMILES string of the molecule is CCC(NC(=O)CC(C)c1ccccc1C(F)(F)F)C(=O)O. The Morgan fingerprint density at radius 2 is 1.86 bits per heavy atom. The number of carboxylic acids is 1. The number of carboxylic acid groups (broad SMARTS) is 1. The predicted molar refractivity (Wildman–Crippen MR) is 74.3 cm³/mol. The van der Waals surface area contributed by atoms with Crippen LogP contribution in [0.5, 0.6) is 0 Å². The number of carbonyl (C=O) groups excluding carboxylic acids is 1. The van der Waals surface area contributed by atoms with E-state index in [0.717, 1.165) is 6.07 Å². The number of benzene rings is 1. The molecule has 4 nitrogen and oxygen atoms in total. The fourth-order valence-electron chi connectivity index (χ4n) is 2.16. The summed E-state index contributed by atoms with van der Waals surface area (Å²) in [7, 11) is 0. The first kappa shape index (κ1) is 18.0. The molecule has 1 aromatic carbocycles. The van der Waals surface area contributed by atoms with Gasteiger partial charge in [-0.1, -0.05) is 32.0 Å². The number of nitrogens with one attached hydrogen (secondary N) is 1. The Balaban J connectivity index is 2.84. The van der Waals surface area contributed by atoms with Crippen LogP contribution in [-0.4, -0.2) is 23.0 Å². The van der Waals surface area contributed by atoms with E-state index in [1.54, 1.807) is 6.92 Å². The molecule has 0 heterocycles. The maximum Gasteiger partial charge on any atom is 0.416 e. The summed E-state index contributed by atoms with van der Waals surface area (Å²) in [5.41, 5.74) is -0.755. The van der Waals surface area contributed by atoms with Crippen LogP contribution in [0.2, 0.25) is 0 Å². The number of carbonyl (C=O) groups is 2. The van der Waals surface area contributed by atoms with E-state index in [2.05, 4.69) is 5.32 Å². The van der Waals surface area contributed by atoms with Crippen molar-refractivity contribution in [1.29, 1.82) is 0 Å². The van der Waals surface area contributed by atoms with Gasteiger partial charge in [0.2, 0.25) is 5.91 Å². The third-order valence-corrected chi connectivity index (χ3v) is 3.33. The first-order valence-electron chi connectivity index (χ1n) is 6.85. The zero-order valence-corrected chi connectivity index (χ0v) is 12.3. The summed E-state index contributed by atoms with van der Waals surface area (Å²) in [6.07, 6.45) is -4.50. The van der Waals surface area contributed by atoms with Gasteiger partial charge in [0.15, 0.2) is 0 Å². The third kappa shape index (κ3) is 4.75. The van der Waals surface area contributed by atoms with Gasteiger partial charge in [0.25, 0.3) is 0 Å². The molecule has 1 amide bonds. The van der Waals surface area contributed by atoms with Crippen LogP contribution < -0.4 is 5.32 Å². The molecule has 7 heteroatoms. The quantitative estimate of drug-likeness (QED) is 0.847. The van der Waals surface area contributed by atoms with Crippen molar-refractivity contribution in [3.05, 3.63) is 35.4 Å². The Morgan fingerprint density at radius 1 is 1.27 bits per heavy atom. The van der Waals surface area contributed by atoms with E-state index in [1.165, 1.54) is 25.1 Å². The van der Waals surface area contributed by atoms with E-state index >= 15 is 0 Å². The van der Waals surface area contributed by atoms with E-state index in [4.69, 9.17) is 5.11 Å². The number of hydrogen-bond acceptors (Lipinski definition) is 2. The van der Waals surface area contributed by atoms with Crippen LogP contribution in [-0.2, 0) is 15.8 Å². The Kier molecular flexibility index (Phi) is 5.96. The zero-order chi connectivity index (χ0) is 16.9. The van der Waals surface area contributed by atoms with Crippen molar-refractivity contribution in [2.75, 3.05) is 0 Å². The minimum atomic E-state index is -4.49. The van der Waals surface area contributed by atoms with Crippen LogP contribution in [0.15, 0.2) is 24.3 Å². The number of amides is 1. The van der Waals surface area contributed by atoms with E-state index in [9.17, 15) is 22.8 Å². The molecule has 2 atom stereocenters. The lowest BCUT2D eigenvalue weighted by Crippen LogP contribution is -2.40. The highest BCUT2D eigenvalue weighted by Crippen LogP contribution is 2.35. The molecule has 22 heavy (non-hydrogen) atoms. The van der Waals surface area contributed by atoms with E-state index in [-0.39, 0.29) is 18.4 Å². The lowest BCUT2D eigenvalue weighted by molar-refractivity contribution is -0.141. The average molecular weight is 317 g/mol. The molecular weight excluding hydrogens is 299 g/mol. The molecule has 0 fully saturated rings. The number of rotatable bonds is 6. The van der Waals surface area contributed by atoms with Gasteiger partial charge in [0, 0.05) is 6.42 Å². The standard InChI is InChI=1S/C15H18F3NO3/c1-3-12(14(21)22)19-13(20)8-9(2)10-6-4-5-7-11(10)15(16,17)18/h4-7,9,12H,3,8H2,1-2H3,(H,19,20)(H,21,22). The molecule has 2 N–H and O–H groups in total. The lowest BCUT2D eigenvalue weighted by Gasteiger charge is -2.19. The van der Waals surface area contributed by atoms with Crippen LogP contribution in [0.4, 0.5) is 13.2 Å². The summed E-state index contributed by atoms with van der Waals surface area (Å²) in [5.74, 6) is -2.43. The number of alkyl halides is 3. The summed E-state index contributed by atoms with van der Waals surface area (Å²) in [4.78, 5) is 22.6. The highest BCUT2D eigenvalue weighted by atomic mass is 19.4. The van der Waals surface area contributed by atoms with Gasteiger partial charge in [0.05, 0.1) is 5.56 Å². The maximum absolute atomic E-state index is 12.9. The minimum Gasteiger partial charge on any atom is -0.480 e. The topological polar surface area (TPSA) is 66.4 Å². The molecule has 0 aliphatic rings. The highest BCUT2D eigenvalue weighted by molar-refractivity contribution is 5.83. The molecule has 0 bridgehead atoms. The fraction of sp³-hybridized carbons (Fsp3) is 0.467. The molecule has 0 aromatic heterocycles. The molecule has 0 aliphatic carbocycles. The molecule has 0 spiro atoms. The Hall–Kier alpha value is -2.05. The van der Waals surface area contributed by atoms with Crippen molar-refractivity contribution in [3.8, 4) is 0 Å². The summed E-state index contributed by atoms with van der Waals surface area (Å²) in [5, 5.41) is 11.2. The zero-order valence-electron chi connectivity index (χ0n) is 12.3. The molecule has 0 saturated heterocycles. The minimum absolute atomic E-state index is 0.0218. The summed E-state index contributed by atoms with van der Waals surface area (Å²) >= 11 is 0. The predicted octanol–water partition coefficient (Wildman–Crippen LogP) is 3.18. The van der Waals surface area contributed by atoms with Gasteiger partial charge in [0.1, 0.15) is 6.04 Å². The molecule has 122 valence electrons. The largest absolute Gasteiger partial charge is 0.480 e. The molecule has 0 aliphatic heterocycles. The first-order chi connectivity index (χ1) is 10.2. The summed E-state index contributed by atoms with van der Waals surface area (Å²) in [6.45, 7) is 3.10. The smallest absolute Gasteiger partial charge is 0.416 e. The van der Waals surface area contributed by atoms with Crippen LogP contribution in [0, 0.1) is 0 Å². The Labute approximate surface area is 126 Å². The van der Waals surface area contributed by atoms with Crippen LogP contribution in [0.25, 0.3) is 0 Å². The van der Waals surface area contributed by atoms with Gasteiger partial charge in [-0.15, -0.1) is 0 Å². The van der Waals surface area contributed by atoms with E-state index in [0.29, 0.717) is 0 Å². The summed E-state index contributed by atoms with van der Waals surface area (Å²) in [6, 6.07) is 4.03. The van der Waals surface area contributed by atoms with Crippen LogP contribution in [0.1, 0.15) is 43.7 Å². The van der Waals surface area contributed by atoms with Crippen molar-refractivity contribution in [2.24, 2.45) is 0 Å². The van der Waals surface area contributed by atoms with Gasteiger partial charge in [-0.05, 0) is 24.0 Å².